The monoisotopic (exact) mass is 353 g/mol. The van der Waals surface area contributed by atoms with Crippen LogP contribution in [0.15, 0.2) is 41.5 Å². The van der Waals surface area contributed by atoms with Crippen molar-refractivity contribution in [1.82, 2.24) is 5.43 Å². The zero-order valence-electron chi connectivity index (χ0n) is 11.4. The molecule has 0 radical (unpaired) electrons. The summed E-state index contributed by atoms with van der Waals surface area (Å²) in [5.41, 5.74) is 2.27. The number of nitrogens with zero attached hydrogens (tertiary/aromatic N) is 2. The second kappa shape index (κ2) is 7.08. The number of rotatable bonds is 4. The molecule has 0 unspecified atom stereocenters. The smallest absolute Gasteiger partial charge is 0.271 e. The van der Waals surface area contributed by atoms with Gasteiger partial charge >= 0.3 is 0 Å². The molecular formula is C14H9Cl2N3O4. The lowest BCUT2D eigenvalue weighted by molar-refractivity contribution is -0.384. The zero-order valence-corrected chi connectivity index (χ0v) is 12.9. The number of nitro benzene ring substituents is 1. The highest BCUT2D eigenvalue weighted by molar-refractivity contribution is 6.36. The first-order chi connectivity index (χ1) is 10.9. The number of hydrogen-bond acceptors (Lipinski definition) is 5. The van der Waals surface area contributed by atoms with E-state index in [1.807, 2.05) is 0 Å². The molecule has 9 heteroatoms. The van der Waals surface area contributed by atoms with Gasteiger partial charge in [-0.3, -0.25) is 14.9 Å². The first-order valence-electron chi connectivity index (χ1n) is 6.14. The number of nitro groups is 1. The molecule has 2 N–H and O–H groups in total. The minimum atomic E-state index is -0.641. The molecule has 0 saturated heterocycles. The molecule has 1 amide bonds. The summed E-state index contributed by atoms with van der Waals surface area (Å²) in [6, 6.07) is 7.96. The van der Waals surface area contributed by atoms with Gasteiger partial charge in [-0.1, -0.05) is 29.3 Å². The van der Waals surface area contributed by atoms with E-state index in [1.165, 1.54) is 30.3 Å². The molecule has 0 aliphatic heterocycles. The number of hydrazone groups is 1. The van der Waals surface area contributed by atoms with Gasteiger partial charge in [0, 0.05) is 28.3 Å². The lowest BCUT2D eigenvalue weighted by Gasteiger charge is -2.03. The first-order valence-corrected chi connectivity index (χ1v) is 6.90. The summed E-state index contributed by atoms with van der Waals surface area (Å²) in [4.78, 5) is 21.9. The molecule has 0 saturated carbocycles. The van der Waals surface area contributed by atoms with Crippen molar-refractivity contribution >= 4 is 41.0 Å². The molecule has 7 nitrogen and oxygen atoms in total. The largest absolute Gasteiger partial charge is 0.506 e. The van der Waals surface area contributed by atoms with Crippen LogP contribution in [0.2, 0.25) is 10.0 Å². The Balaban J connectivity index is 2.13. The van der Waals surface area contributed by atoms with Crippen LogP contribution in [0.4, 0.5) is 5.69 Å². The fourth-order valence-corrected chi connectivity index (χ4v) is 2.18. The van der Waals surface area contributed by atoms with E-state index in [1.54, 1.807) is 0 Å². The van der Waals surface area contributed by atoms with Gasteiger partial charge in [0.1, 0.15) is 5.75 Å². The average Bonchev–Trinajstić information content (AvgIpc) is 2.51. The Hall–Kier alpha value is -2.64. The van der Waals surface area contributed by atoms with Gasteiger partial charge < -0.3 is 5.11 Å². The van der Waals surface area contributed by atoms with Gasteiger partial charge in [0.15, 0.2) is 0 Å². The van der Waals surface area contributed by atoms with Crippen LogP contribution < -0.4 is 5.43 Å². The Kier molecular flexibility index (Phi) is 5.15. The molecule has 118 valence electrons. The second-order valence-electron chi connectivity index (χ2n) is 4.33. The van der Waals surface area contributed by atoms with E-state index >= 15 is 0 Å². The van der Waals surface area contributed by atoms with Gasteiger partial charge in [-0.2, -0.15) is 5.10 Å². The van der Waals surface area contributed by atoms with Crippen LogP contribution in [0.5, 0.6) is 5.75 Å². The summed E-state index contributed by atoms with van der Waals surface area (Å²) < 4.78 is 0. The Morgan fingerprint density at radius 3 is 2.74 bits per heavy atom. The second-order valence-corrected chi connectivity index (χ2v) is 5.18. The van der Waals surface area contributed by atoms with E-state index in [0.717, 1.165) is 12.3 Å². The summed E-state index contributed by atoms with van der Waals surface area (Å²) in [6.45, 7) is 0. The Morgan fingerprint density at radius 1 is 1.30 bits per heavy atom. The molecule has 2 aromatic carbocycles. The quantitative estimate of drug-likeness (QED) is 0.499. The van der Waals surface area contributed by atoms with Gasteiger partial charge in [0.25, 0.3) is 11.6 Å². The SMILES string of the molecule is O=C(N/N=C/c1cc(Cl)cc(Cl)c1O)c1cccc([N+](=O)[O-])c1. The van der Waals surface area contributed by atoms with Crippen molar-refractivity contribution in [3.05, 3.63) is 67.7 Å². The third kappa shape index (κ3) is 4.18. The average molecular weight is 354 g/mol. The van der Waals surface area contributed by atoms with Crippen LogP contribution in [0.3, 0.4) is 0 Å². The molecule has 0 spiro atoms. The summed E-state index contributed by atoms with van der Waals surface area (Å²) in [7, 11) is 0. The van der Waals surface area contributed by atoms with Crippen LogP contribution in [0, 0.1) is 10.1 Å². The van der Waals surface area contributed by atoms with E-state index in [4.69, 9.17) is 23.2 Å². The molecule has 2 rings (SSSR count). The van der Waals surface area contributed by atoms with Crippen molar-refractivity contribution in [3.8, 4) is 5.75 Å². The number of phenols is 1. The maximum atomic E-state index is 11.9. The van der Waals surface area contributed by atoms with E-state index in [2.05, 4.69) is 10.5 Å². The number of aromatic hydroxyl groups is 1. The van der Waals surface area contributed by atoms with Crippen molar-refractivity contribution < 1.29 is 14.8 Å². The molecule has 23 heavy (non-hydrogen) atoms. The highest BCUT2D eigenvalue weighted by Crippen LogP contribution is 2.29. The molecule has 2 aromatic rings. The van der Waals surface area contributed by atoms with Gasteiger partial charge in [-0.05, 0) is 18.2 Å². The molecule has 0 aliphatic carbocycles. The number of halogens is 2. The number of amides is 1. The fraction of sp³-hybridized carbons (Fsp3) is 0. The third-order valence-corrected chi connectivity index (χ3v) is 3.25. The van der Waals surface area contributed by atoms with Crippen LogP contribution in [-0.4, -0.2) is 22.2 Å². The van der Waals surface area contributed by atoms with Crippen LogP contribution in [0.1, 0.15) is 15.9 Å². The zero-order chi connectivity index (χ0) is 17.0. The first kappa shape index (κ1) is 16.7. The molecule has 0 fully saturated rings. The van der Waals surface area contributed by atoms with Gasteiger partial charge in [-0.25, -0.2) is 5.43 Å². The highest BCUT2D eigenvalue weighted by Gasteiger charge is 2.11. The number of benzene rings is 2. The Bertz CT molecular complexity index is 809. The molecule has 0 aliphatic rings. The van der Waals surface area contributed by atoms with Crippen LogP contribution in [-0.2, 0) is 0 Å². The minimum Gasteiger partial charge on any atom is -0.506 e. The number of non-ortho nitro benzene ring substituents is 1. The van der Waals surface area contributed by atoms with Gasteiger partial charge in [0.05, 0.1) is 16.2 Å². The van der Waals surface area contributed by atoms with Crippen molar-refractivity contribution in [3.63, 3.8) is 0 Å². The maximum Gasteiger partial charge on any atom is 0.271 e. The Labute approximate surface area is 140 Å². The number of carbonyl (C=O) groups is 1. The van der Waals surface area contributed by atoms with E-state index in [-0.39, 0.29) is 27.6 Å². The Morgan fingerprint density at radius 2 is 2.04 bits per heavy atom. The minimum absolute atomic E-state index is 0.0453. The van der Waals surface area contributed by atoms with Crippen LogP contribution in [0.25, 0.3) is 0 Å². The molecule has 0 aromatic heterocycles. The lowest BCUT2D eigenvalue weighted by atomic mass is 10.2. The van der Waals surface area contributed by atoms with Crippen LogP contribution >= 0.6 is 23.2 Å². The van der Waals surface area contributed by atoms with Crippen molar-refractivity contribution in [2.45, 2.75) is 0 Å². The molecule has 0 atom stereocenters. The number of phenolic OH excluding ortho intramolecular Hbond substituents is 1. The fourth-order valence-electron chi connectivity index (χ4n) is 1.67. The predicted molar refractivity (Wildman–Crippen MR) is 86.3 cm³/mol. The van der Waals surface area contributed by atoms with Gasteiger partial charge in [-0.15, -0.1) is 0 Å². The summed E-state index contributed by atoms with van der Waals surface area (Å²) in [5, 5.41) is 24.4. The number of carbonyl (C=O) groups excluding carboxylic acids is 1. The van der Waals surface area contributed by atoms with Crippen molar-refractivity contribution in [2.75, 3.05) is 0 Å². The normalized spacial score (nSPS) is 10.7. The maximum absolute atomic E-state index is 11.9. The number of hydrogen-bond donors (Lipinski definition) is 2. The molecular weight excluding hydrogens is 345 g/mol. The molecule has 0 bridgehead atoms. The standard InChI is InChI=1S/C14H9Cl2N3O4/c15-10-4-9(13(20)12(16)6-10)7-17-18-14(21)8-2-1-3-11(5-8)19(22)23/h1-7,20H,(H,18,21)/b17-7+. The van der Waals surface area contributed by atoms with Crippen molar-refractivity contribution in [2.24, 2.45) is 5.10 Å². The summed E-state index contributed by atoms with van der Waals surface area (Å²) in [5.74, 6) is -0.873. The summed E-state index contributed by atoms with van der Waals surface area (Å²) >= 11 is 11.6. The highest BCUT2D eigenvalue weighted by atomic mass is 35.5. The van der Waals surface area contributed by atoms with Gasteiger partial charge in [0.2, 0.25) is 0 Å². The van der Waals surface area contributed by atoms with Crippen molar-refractivity contribution in [1.29, 1.82) is 0 Å². The topological polar surface area (TPSA) is 105 Å². The predicted octanol–water partition coefficient (Wildman–Crippen LogP) is 3.37. The van der Waals surface area contributed by atoms with E-state index in [0.29, 0.717) is 5.02 Å². The summed E-state index contributed by atoms with van der Waals surface area (Å²) in [6.07, 6.45) is 1.16. The third-order valence-electron chi connectivity index (χ3n) is 2.75. The lowest BCUT2D eigenvalue weighted by Crippen LogP contribution is -2.17. The molecule has 0 heterocycles. The number of nitrogens with one attached hydrogen (secondary N) is 1. The van der Waals surface area contributed by atoms with E-state index < -0.39 is 10.8 Å². The van der Waals surface area contributed by atoms with E-state index in [9.17, 15) is 20.0 Å².